The van der Waals surface area contributed by atoms with E-state index in [1.165, 1.54) is 36.3 Å². The van der Waals surface area contributed by atoms with E-state index in [2.05, 4.69) is 48.6 Å². The maximum atomic E-state index is 4.64. The first-order valence-corrected chi connectivity index (χ1v) is 8.62. The Morgan fingerprint density at radius 1 is 1.35 bits per heavy atom. The van der Waals surface area contributed by atoms with Crippen LogP contribution in [-0.2, 0) is 6.54 Å². The number of nitrogens with one attached hydrogen (secondary N) is 1. The van der Waals surface area contributed by atoms with E-state index >= 15 is 0 Å². The molecule has 2 rings (SSSR count). The molecule has 2 heterocycles. The molecule has 1 atom stereocenters. The van der Waals surface area contributed by atoms with E-state index in [1.807, 2.05) is 0 Å². The third kappa shape index (κ3) is 3.61. The van der Waals surface area contributed by atoms with Crippen LogP contribution in [0.5, 0.6) is 0 Å². The number of thiazole rings is 1. The Balaban J connectivity index is 1.93. The average molecular weight is 293 g/mol. The highest BCUT2D eigenvalue weighted by molar-refractivity contribution is 7.17. The number of imidazole rings is 1. The van der Waals surface area contributed by atoms with Crippen molar-refractivity contribution in [3.63, 3.8) is 0 Å². The molecule has 0 saturated heterocycles. The summed E-state index contributed by atoms with van der Waals surface area (Å²) in [6.07, 6.45) is 7.46. The summed E-state index contributed by atoms with van der Waals surface area (Å²) in [4.78, 5) is 7.09. The highest BCUT2D eigenvalue weighted by atomic mass is 32.1. The molecule has 0 saturated carbocycles. The van der Waals surface area contributed by atoms with E-state index < -0.39 is 0 Å². The largest absolute Gasteiger partial charge is 0.311 e. The molecule has 0 aliphatic heterocycles. The zero-order chi connectivity index (χ0) is 14.5. The van der Waals surface area contributed by atoms with E-state index in [0.717, 1.165) is 29.7 Å². The third-order valence-corrected chi connectivity index (χ3v) is 4.91. The summed E-state index contributed by atoms with van der Waals surface area (Å²) >= 11 is 1.77. The smallest absolute Gasteiger partial charge is 0.194 e. The molecule has 0 fully saturated rings. The molecule has 2 aromatic heterocycles. The van der Waals surface area contributed by atoms with Crippen LogP contribution < -0.4 is 5.32 Å². The normalized spacial score (nSPS) is 13.2. The molecule has 2 aromatic rings. The lowest BCUT2D eigenvalue weighted by Gasteiger charge is -2.15. The number of fused-ring (bicyclic) bond motifs is 1. The van der Waals surface area contributed by atoms with Gasteiger partial charge in [-0.15, -0.1) is 11.3 Å². The molecular weight excluding hydrogens is 266 g/mol. The van der Waals surface area contributed by atoms with Gasteiger partial charge in [0.2, 0.25) is 0 Å². The number of unbranched alkanes of at least 4 members (excludes halogenated alkanes) is 1. The lowest BCUT2D eigenvalue weighted by atomic mass is 9.99. The molecule has 0 aliphatic rings. The SMILES string of the molecule is CCCCC(CC)CNCc1c(C)nc2sc(C)cn12. The fourth-order valence-corrected chi connectivity index (χ4v) is 3.55. The number of nitrogens with zero attached hydrogens (tertiary/aromatic N) is 2. The van der Waals surface area contributed by atoms with Crippen molar-refractivity contribution >= 4 is 16.3 Å². The Labute approximate surface area is 126 Å². The summed E-state index contributed by atoms with van der Waals surface area (Å²) in [7, 11) is 0. The van der Waals surface area contributed by atoms with Crippen LogP contribution in [-0.4, -0.2) is 15.9 Å². The van der Waals surface area contributed by atoms with Crippen molar-refractivity contribution < 1.29 is 0 Å². The van der Waals surface area contributed by atoms with Crippen molar-refractivity contribution in [2.75, 3.05) is 6.54 Å². The van der Waals surface area contributed by atoms with E-state index in [4.69, 9.17) is 0 Å². The zero-order valence-electron chi connectivity index (χ0n) is 13.2. The van der Waals surface area contributed by atoms with Gasteiger partial charge in [0.25, 0.3) is 0 Å². The van der Waals surface area contributed by atoms with Gasteiger partial charge in [0, 0.05) is 17.6 Å². The van der Waals surface area contributed by atoms with Crippen LogP contribution in [0.1, 0.15) is 55.8 Å². The molecule has 0 bridgehead atoms. The van der Waals surface area contributed by atoms with Gasteiger partial charge in [0.05, 0.1) is 11.4 Å². The fraction of sp³-hybridized carbons (Fsp3) is 0.688. The maximum absolute atomic E-state index is 4.64. The van der Waals surface area contributed by atoms with Crippen molar-refractivity contribution in [1.29, 1.82) is 0 Å². The summed E-state index contributed by atoms with van der Waals surface area (Å²) < 4.78 is 2.25. The Morgan fingerprint density at radius 2 is 2.15 bits per heavy atom. The summed E-state index contributed by atoms with van der Waals surface area (Å²) in [6, 6.07) is 0. The van der Waals surface area contributed by atoms with Crippen LogP contribution in [0.25, 0.3) is 4.96 Å². The van der Waals surface area contributed by atoms with Crippen LogP contribution in [0.2, 0.25) is 0 Å². The molecule has 0 spiro atoms. The van der Waals surface area contributed by atoms with Gasteiger partial charge in [-0.25, -0.2) is 4.98 Å². The summed E-state index contributed by atoms with van der Waals surface area (Å²) in [6.45, 7) is 10.9. The van der Waals surface area contributed by atoms with Gasteiger partial charge in [-0.1, -0.05) is 33.1 Å². The number of hydrogen-bond donors (Lipinski definition) is 1. The topological polar surface area (TPSA) is 29.3 Å². The minimum atomic E-state index is 0.808. The molecule has 0 aromatic carbocycles. The average Bonchev–Trinajstić information content (AvgIpc) is 2.90. The Morgan fingerprint density at radius 3 is 2.85 bits per heavy atom. The Kier molecular flexibility index (Phi) is 5.61. The number of aryl methyl sites for hydroxylation is 2. The number of aromatic nitrogens is 2. The van der Waals surface area contributed by atoms with Gasteiger partial charge in [0.1, 0.15) is 0 Å². The second kappa shape index (κ2) is 7.23. The lowest BCUT2D eigenvalue weighted by Crippen LogP contribution is -2.23. The zero-order valence-corrected chi connectivity index (χ0v) is 14.0. The summed E-state index contributed by atoms with van der Waals surface area (Å²) in [5.41, 5.74) is 2.47. The molecule has 4 heteroatoms. The van der Waals surface area contributed by atoms with Gasteiger partial charge in [-0.2, -0.15) is 0 Å². The van der Waals surface area contributed by atoms with Crippen LogP contribution in [0.4, 0.5) is 0 Å². The van der Waals surface area contributed by atoms with Crippen molar-refractivity contribution in [3.05, 3.63) is 22.5 Å². The monoisotopic (exact) mass is 293 g/mol. The molecule has 0 aliphatic carbocycles. The summed E-state index contributed by atoms with van der Waals surface area (Å²) in [5, 5.41) is 3.63. The van der Waals surface area contributed by atoms with Crippen LogP contribution >= 0.6 is 11.3 Å². The van der Waals surface area contributed by atoms with Crippen molar-refractivity contribution in [2.45, 2.75) is 59.9 Å². The molecular formula is C16H27N3S. The lowest BCUT2D eigenvalue weighted by molar-refractivity contribution is 0.417. The van der Waals surface area contributed by atoms with Gasteiger partial charge in [0.15, 0.2) is 4.96 Å². The van der Waals surface area contributed by atoms with Crippen LogP contribution in [0.15, 0.2) is 6.20 Å². The number of rotatable bonds is 8. The second-order valence-electron chi connectivity index (χ2n) is 5.69. The van der Waals surface area contributed by atoms with E-state index in [-0.39, 0.29) is 0 Å². The predicted molar refractivity (Wildman–Crippen MR) is 87.6 cm³/mol. The molecule has 1 N–H and O–H groups in total. The fourth-order valence-electron chi connectivity index (χ4n) is 2.66. The van der Waals surface area contributed by atoms with Gasteiger partial charge in [-0.3, -0.25) is 4.40 Å². The molecule has 1 unspecified atom stereocenters. The Hall–Kier alpha value is -0.870. The van der Waals surface area contributed by atoms with Gasteiger partial charge >= 0.3 is 0 Å². The number of hydrogen-bond acceptors (Lipinski definition) is 3. The second-order valence-corrected chi connectivity index (χ2v) is 6.90. The molecule has 0 amide bonds. The first-order chi connectivity index (χ1) is 9.65. The van der Waals surface area contributed by atoms with Crippen LogP contribution in [0, 0.1) is 19.8 Å². The standard InChI is InChI=1S/C16H27N3S/c1-5-7-8-14(6-2)9-17-10-15-13(4)18-16-19(15)11-12(3)20-16/h11,14,17H,5-10H2,1-4H3. The Bertz CT molecular complexity index is 541. The van der Waals surface area contributed by atoms with Crippen molar-refractivity contribution in [3.8, 4) is 0 Å². The predicted octanol–water partition coefficient (Wildman–Crippen LogP) is 4.32. The molecule has 3 nitrogen and oxygen atoms in total. The highest BCUT2D eigenvalue weighted by Crippen LogP contribution is 2.20. The molecule has 20 heavy (non-hydrogen) atoms. The highest BCUT2D eigenvalue weighted by Gasteiger charge is 2.11. The van der Waals surface area contributed by atoms with Gasteiger partial charge < -0.3 is 5.32 Å². The third-order valence-electron chi connectivity index (χ3n) is 4.01. The van der Waals surface area contributed by atoms with Gasteiger partial charge in [-0.05, 0) is 32.7 Å². The minimum Gasteiger partial charge on any atom is -0.311 e. The van der Waals surface area contributed by atoms with E-state index in [0.29, 0.717) is 0 Å². The van der Waals surface area contributed by atoms with E-state index in [9.17, 15) is 0 Å². The minimum absolute atomic E-state index is 0.808. The summed E-state index contributed by atoms with van der Waals surface area (Å²) in [5.74, 6) is 0.808. The van der Waals surface area contributed by atoms with Crippen LogP contribution in [0.3, 0.4) is 0 Å². The van der Waals surface area contributed by atoms with Crippen molar-refractivity contribution in [2.24, 2.45) is 5.92 Å². The maximum Gasteiger partial charge on any atom is 0.194 e. The van der Waals surface area contributed by atoms with Crippen molar-refractivity contribution in [1.82, 2.24) is 14.7 Å². The molecule has 0 radical (unpaired) electrons. The molecule has 112 valence electrons. The first kappa shape index (κ1) is 15.5. The quantitative estimate of drug-likeness (QED) is 0.785. The first-order valence-electron chi connectivity index (χ1n) is 7.80. The van der Waals surface area contributed by atoms with E-state index in [1.54, 1.807) is 11.3 Å².